The lowest BCUT2D eigenvalue weighted by atomic mass is 9.97. The molecule has 105 valence electrons. The molecule has 1 aliphatic heterocycles. The van der Waals surface area contributed by atoms with E-state index in [1.165, 1.54) is 28.8 Å². The zero-order valence-electron chi connectivity index (χ0n) is 12.7. The van der Waals surface area contributed by atoms with Gasteiger partial charge in [-0.2, -0.15) is 0 Å². The van der Waals surface area contributed by atoms with Gasteiger partial charge in [0.15, 0.2) is 0 Å². The van der Waals surface area contributed by atoms with Crippen LogP contribution in [0.3, 0.4) is 0 Å². The Labute approximate surface area is 118 Å². The molecular weight excluding hydrogens is 232 g/mol. The second-order valence-electron chi connectivity index (χ2n) is 5.33. The molecule has 2 heteroatoms. The molecule has 1 aromatic carbocycles. The molecule has 0 aromatic heterocycles. The van der Waals surface area contributed by atoms with Crippen LogP contribution in [0.5, 0.6) is 0 Å². The smallest absolute Gasteiger partial charge is 0.0431 e. The van der Waals surface area contributed by atoms with E-state index >= 15 is 0 Å². The third-order valence-corrected chi connectivity index (χ3v) is 4.09. The van der Waals surface area contributed by atoms with Crippen LogP contribution in [0.1, 0.15) is 43.9 Å². The third kappa shape index (κ3) is 3.30. The maximum absolute atomic E-state index is 4.55. The molecule has 19 heavy (non-hydrogen) atoms. The minimum absolute atomic E-state index is 0.988. The first-order valence-electron chi connectivity index (χ1n) is 7.83. The van der Waals surface area contributed by atoms with Crippen LogP contribution in [0.2, 0.25) is 0 Å². The van der Waals surface area contributed by atoms with Gasteiger partial charge < -0.3 is 4.90 Å². The van der Waals surface area contributed by atoms with Gasteiger partial charge in [0.05, 0.1) is 0 Å². The van der Waals surface area contributed by atoms with Gasteiger partial charge >= 0.3 is 0 Å². The summed E-state index contributed by atoms with van der Waals surface area (Å²) in [5.74, 6) is 0. The fourth-order valence-corrected chi connectivity index (χ4v) is 2.99. The Morgan fingerprint density at radius 2 is 1.63 bits per heavy atom. The molecule has 0 N–H and O–H groups in total. The number of rotatable bonds is 4. The highest BCUT2D eigenvalue weighted by atomic mass is 15.2. The summed E-state index contributed by atoms with van der Waals surface area (Å²) in [5.41, 5.74) is 6.05. The van der Waals surface area contributed by atoms with Crippen LogP contribution < -0.4 is 10.2 Å². The van der Waals surface area contributed by atoms with Crippen molar-refractivity contribution in [3.8, 4) is 0 Å². The summed E-state index contributed by atoms with van der Waals surface area (Å²) in [7, 11) is 0. The van der Waals surface area contributed by atoms with Crippen LogP contribution >= 0.6 is 0 Å². The molecule has 1 aromatic rings. The van der Waals surface area contributed by atoms with Crippen molar-refractivity contribution < 1.29 is 0 Å². The Kier molecular flexibility index (Phi) is 5.26. The predicted molar refractivity (Wildman–Crippen MR) is 83.3 cm³/mol. The van der Waals surface area contributed by atoms with E-state index in [2.05, 4.69) is 43.1 Å². The zero-order chi connectivity index (χ0) is 13.7. The number of hydrogen-bond donors (Lipinski definition) is 0. The van der Waals surface area contributed by atoms with Crippen molar-refractivity contribution in [1.82, 2.24) is 5.32 Å². The monoisotopic (exact) mass is 259 g/mol. The maximum atomic E-state index is 4.55. The second-order valence-corrected chi connectivity index (χ2v) is 5.33. The number of hydrogen-bond acceptors (Lipinski definition) is 1. The van der Waals surface area contributed by atoms with E-state index in [1.54, 1.807) is 0 Å². The van der Waals surface area contributed by atoms with E-state index in [0.717, 1.165) is 45.4 Å². The first-order valence-corrected chi connectivity index (χ1v) is 7.83. The Bertz CT molecular complexity index is 379. The number of nitrogens with zero attached hydrogens (tertiary/aromatic N) is 2. The molecule has 0 atom stereocenters. The fourth-order valence-electron chi connectivity index (χ4n) is 2.99. The molecule has 1 aliphatic rings. The number of aryl methyl sites for hydroxylation is 3. The van der Waals surface area contributed by atoms with Crippen molar-refractivity contribution in [3.63, 3.8) is 0 Å². The van der Waals surface area contributed by atoms with Crippen LogP contribution in [0, 0.1) is 0 Å². The minimum Gasteiger partial charge on any atom is -0.370 e. The van der Waals surface area contributed by atoms with Crippen LogP contribution in [-0.4, -0.2) is 26.2 Å². The van der Waals surface area contributed by atoms with Gasteiger partial charge in [-0.15, -0.1) is 0 Å². The third-order valence-electron chi connectivity index (χ3n) is 4.09. The Morgan fingerprint density at radius 1 is 0.947 bits per heavy atom. The molecular formula is C17H27N2. The first-order chi connectivity index (χ1) is 9.30. The average molecular weight is 259 g/mol. The normalized spacial score (nSPS) is 16.5. The molecule has 0 spiro atoms. The van der Waals surface area contributed by atoms with Gasteiger partial charge in [-0.05, 0) is 42.4 Å². The highest BCUT2D eigenvalue weighted by Crippen LogP contribution is 2.29. The van der Waals surface area contributed by atoms with E-state index in [1.807, 2.05) is 0 Å². The van der Waals surface area contributed by atoms with Crippen molar-refractivity contribution in [2.45, 2.75) is 46.5 Å². The van der Waals surface area contributed by atoms with Crippen molar-refractivity contribution in [1.29, 1.82) is 0 Å². The van der Waals surface area contributed by atoms with Crippen LogP contribution in [-0.2, 0) is 19.3 Å². The number of benzene rings is 1. The Hall–Kier alpha value is -1.02. The molecule has 1 radical (unpaired) electrons. The molecule has 1 saturated heterocycles. The molecule has 0 aliphatic carbocycles. The molecule has 0 amide bonds. The number of anilines is 1. The SMILES string of the molecule is CCc1cc(CC)c(N2CCC[N]CC2)c(CC)c1. The summed E-state index contributed by atoms with van der Waals surface area (Å²) in [6, 6.07) is 4.83. The van der Waals surface area contributed by atoms with Gasteiger partial charge in [0.1, 0.15) is 0 Å². The summed E-state index contributed by atoms with van der Waals surface area (Å²) >= 11 is 0. The van der Waals surface area contributed by atoms with Gasteiger partial charge in [-0.3, -0.25) is 0 Å². The molecule has 0 bridgehead atoms. The van der Waals surface area contributed by atoms with E-state index in [4.69, 9.17) is 0 Å². The quantitative estimate of drug-likeness (QED) is 0.812. The van der Waals surface area contributed by atoms with Gasteiger partial charge in [0.2, 0.25) is 0 Å². The van der Waals surface area contributed by atoms with E-state index in [-0.39, 0.29) is 0 Å². The summed E-state index contributed by atoms with van der Waals surface area (Å²) in [4.78, 5) is 2.58. The summed E-state index contributed by atoms with van der Waals surface area (Å²) in [6.45, 7) is 11.1. The second kappa shape index (κ2) is 6.95. The predicted octanol–water partition coefficient (Wildman–Crippen LogP) is 3.19. The summed E-state index contributed by atoms with van der Waals surface area (Å²) in [6.07, 6.45) is 4.59. The van der Waals surface area contributed by atoms with Gasteiger partial charge in [-0.1, -0.05) is 32.9 Å². The minimum atomic E-state index is 0.988. The van der Waals surface area contributed by atoms with Gasteiger partial charge in [-0.25, -0.2) is 5.32 Å². The van der Waals surface area contributed by atoms with E-state index in [0.29, 0.717) is 0 Å². The highest BCUT2D eigenvalue weighted by Gasteiger charge is 2.17. The standard InChI is InChI=1S/C17H27N2/c1-4-14-12-15(5-2)17(16(6-3)13-14)19-10-7-8-18-9-11-19/h12-13H,4-11H2,1-3H3. The van der Waals surface area contributed by atoms with Gasteiger partial charge in [0.25, 0.3) is 0 Å². The molecule has 2 nitrogen and oxygen atoms in total. The van der Waals surface area contributed by atoms with Crippen molar-refractivity contribution in [2.24, 2.45) is 0 Å². The van der Waals surface area contributed by atoms with Crippen molar-refractivity contribution in [3.05, 3.63) is 28.8 Å². The zero-order valence-corrected chi connectivity index (χ0v) is 12.7. The first kappa shape index (κ1) is 14.4. The molecule has 0 unspecified atom stereocenters. The molecule has 0 saturated carbocycles. The molecule has 1 heterocycles. The Morgan fingerprint density at radius 3 is 2.21 bits per heavy atom. The highest BCUT2D eigenvalue weighted by molar-refractivity contribution is 5.61. The molecule has 1 fully saturated rings. The average Bonchev–Trinajstić information content (AvgIpc) is 2.74. The lowest BCUT2D eigenvalue weighted by Crippen LogP contribution is -2.28. The van der Waals surface area contributed by atoms with Crippen LogP contribution in [0.25, 0.3) is 0 Å². The largest absolute Gasteiger partial charge is 0.370 e. The Balaban J connectivity index is 2.40. The topological polar surface area (TPSA) is 17.3 Å². The van der Waals surface area contributed by atoms with E-state index < -0.39 is 0 Å². The van der Waals surface area contributed by atoms with E-state index in [9.17, 15) is 0 Å². The summed E-state index contributed by atoms with van der Waals surface area (Å²) in [5, 5.41) is 4.55. The van der Waals surface area contributed by atoms with Crippen molar-refractivity contribution >= 4 is 5.69 Å². The van der Waals surface area contributed by atoms with Crippen molar-refractivity contribution in [2.75, 3.05) is 31.1 Å². The lowest BCUT2D eigenvalue weighted by molar-refractivity contribution is 0.709. The molecule has 2 rings (SSSR count). The fraction of sp³-hybridized carbons (Fsp3) is 0.647. The maximum Gasteiger partial charge on any atom is 0.0431 e. The van der Waals surface area contributed by atoms with Gasteiger partial charge in [0, 0.05) is 31.9 Å². The van der Waals surface area contributed by atoms with Crippen LogP contribution in [0.4, 0.5) is 5.69 Å². The van der Waals surface area contributed by atoms with Crippen LogP contribution in [0.15, 0.2) is 12.1 Å². The summed E-state index contributed by atoms with van der Waals surface area (Å²) < 4.78 is 0. The lowest BCUT2D eigenvalue weighted by Gasteiger charge is -2.28.